The fraction of sp³-hybridized carbons (Fsp3) is 0.158. The van der Waals surface area contributed by atoms with Crippen LogP contribution in [-0.2, 0) is 4.74 Å². The van der Waals surface area contributed by atoms with Gasteiger partial charge in [-0.25, -0.2) is 0 Å². The van der Waals surface area contributed by atoms with Crippen LogP contribution in [0.1, 0.15) is 23.7 Å². The van der Waals surface area contributed by atoms with Gasteiger partial charge in [0.2, 0.25) is 0 Å². The lowest BCUT2D eigenvalue weighted by molar-refractivity contribution is 0.0276. The predicted octanol–water partition coefficient (Wildman–Crippen LogP) is 6.31. The van der Waals surface area contributed by atoms with Crippen LogP contribution in [0.25, 0.3) is 6.08 Å². The summed E-state index contributed by atoms with van der Waals surface area (Å²) in [5, 5.41) is 0. The Bertz CT molecular complexity index is 677. The van der Waals surface area contributed by atoms with Crippen molar-refractivity contribution in [2.45, 2.75) is 18.6 Å². The molecule has 0 spiro atoms. The zero-order valence-corrected chi connectivity index (χ0v) is 16.3. The van der Waals surface area contributed by atoms with Gasteiger partial charge in [0.05, 0.1) is 6.10 Å². The molecule has 0 saturated carbocycles. The molecule has 2 aromatic carbocycles. The third kappa shape index (κ3) is 4.00. The Balaban J connectivity index is 1.81. The monoisotopic (exact) mass is 514 g/mol. The highest BCUT2D eigenvalue weighted by Crippen LogP contribution is 2.41. The summed E-state index contributed by atoms with van der Waals surface area (Å²) >= 11 is 4.87. The summed E-state index contributed by atoms with van der Waals surface area (Å²) in [6, 6.07) is 20.8. The maximum Gasteiger partial charge on any atom is 0.108 e. The first-order valence-corrected chi connectivity index (χ1v) is 9.37. The maximum atomic E-state index is 6.32. The molecule has 1 heterocycles. The van der Waals surface area contributed by atoms with Gasteiger partial charge in [0.1, 0.15) is 6.10 Å². The molecule has 0 radical (unpaired) electrons. The van der Waals surface area contributed by atoms with Gasteiger partial charge in [-0.05, 0) is 56.3 Å². The first kappa shape index (κ1) is 16.2. The van der Waals surface area contributed by atoms with Crippen molar-refractivity contribution in [1.29, 1.82) is 0 Å². The van der Waals surface area contributed by atoms with Crippen LogP contribution in [0.5, 0.6) is 0 Å². The second-order valence-corrected chi connectivity index (χ2v) is 7.65. The van der Waals surface area contributed by atoms with Crippen LogP contribution in [-0.4, -0.2) is 6.10 Å². The maximum absolute atomic E-state index is 6.32. The highest BCUT2D eigenvalue weighted by Gasteiger charge is 2.26. The SMILES string of the molecule is IC1=C(I)C(/C=C/c2ccccc2)OC(c2ccccc2)C1. The van der Waals surface area contributed by atoms with E-state index in [4.69, 9.17) is 4.74 Å². The van der Waals surface area contributed by atoms with Crippen molar-refractivity contribution in [3.63, 3.8) is 0 Å². The third-order valence-electron chi connectivity index (χ3n) is 3.62. The fourth-order valence-corrected chi connectivity index (χ4v) is 3.74. The Hall–Kier alpha value is -0.660. The van der Waals surface area contributed by atoms with Gasteiger partial charge in [-0.15, -0.1) is 0 Å². The van der Waals surface area contributed by atoms with Crippen molar-refractivity contribution < 1.29 is 4.74 Å². The summed E-state index contributed by atoms with van der Waals surface area (Å²) in [6.07, 6.45) is 5.42. The molecule has 0 N–H and O–H groups in total. The average molecular weight is 514 g/mol. The summed E-state index contributed by atoms with van der Waals surface area (Å²) in [5.41, 5.74) is 2.45. The minimum absolute atomic E-state index is 0.0339. The van der Waals surface area contributed by atoms with Crippen LogP contribution >= 0.6 is 45.2 Å². The van der Waals surface area contributed by atoms with Crippen LogP contribution in [0.4, 0.5) is 0 Å². The van der Waals surface area contributed by atoms with Crippen molar-refractivity contribution in [3.05, 3.63) is 85.0 Å². The lowest BCUT2D eigenvalue weighted by Crippen LogP contribution is -2.20. The number of rotatable bonds is 3. The molecule has 2 unspecified atom stereocenters. The molecule has 0 amide bonds. The van der Waals surface area contributed by atoms with E-state index in [9.17, 15) is 0 Å². The van der Waals surface area contributed by atoms with Gasteiger partial charge in [0.15, 0.2) is 0 Å². The molecule has 3 heteroatoms. The molecular weight excluding hydrogens is 498 g/mol. The van der Waals surface area contributed by atoms with Crippen LogP contribution in [0.3, 0.4) is 0 Å². The molecule has 2 atom stereocenters. The molecule has 22 heavy (non-hydrogen) atoms. The van der Waals surface area contributed by atoms with Crippen LogP contribution < -0.4 is 0 Å². The lowest BCUT2D eigenvalue weighted by atomic mass is 10.0. The number of halogens is 2. The zero-order valence-electron chi connectivity index (χ0n) is 12.0. The van der Waals surface area contributed by atoms with Gasteiger partial charge in [-0.2, -0.15) is 0 Å². The van der Waals surface area contributed by atoms with Crippen molar-refractivity contribution in [3.8, 4) is 0 Å². The molecule has 0 bridgehead atoms. The van der Waals surface area contributed by atoms with Crippen LogP contribution in [0, 0.1) is 0 Å². The molecule has 1 aliphatic rings. The van der Waals surface area contributed by atoms with Gasteiger partial charge in [0, 0.05) is 13.6 Å². The standard InChI is InChI=1S/C19H16I2O/c20-16-13-18(15-9-5-2-6-10-15)22-17(19(16)21)12-11-14-7-3-1-4-8-14/h1-12,17-18H,13H2/b12-11+. The van der Waals surface area contributed by atoms with Crippen LogP contribution in [0.2, 0.25) is 0 Å². The molecule has 0 saturated heterocycles. The van der Waals surface area contributed by atoms with E-state index in [1.165, 1.54) is 18.3 Å². The van der Waals surface area contributed by atoms with Crippen molar-refractivity contribution in [2.75, 3.05) is 0 Å². The van der Waals surface area contributed by atoms with E-state index >= 15 is 0 Å². The average Bonchev–Trinajstić information content (AvgIpc) is 2.58. The Labute approximate surface area is 158 Å². The summed E-state index contributed by atoms with van der Waals surface area (Å²) in [6.45, 7) is 0. The number of hydrogen-bond acceptors (Lipinski definition) is 1. The van der Waals surface area contributed by atoms with Gasteiger partial charge in [-0.1, -0.05) is 72.8 Å². The normalized spacial score (nSPS) is 22.3. The van der Waals surface area contributed by atoms with E-state index < -0.39 is 0 Å². The smallest absolute Gasteiger partial charge is 0.108 e. The quantitative estimate of drug-likeness (QED) is 0.437. The minimum atomic E-state index is 0.0339. The summed E-state index contributed by atoms with van der Waals surface area (Å²) in [5.74, 6) is 0. The highest BCUT2D eigenvalue weighted by molar-refractivity contribution is 14.1. The summed E-state index contributed by atoms with van der Waals surface area (Å²) in [7, 11) is 0. The van der Waals surface area contributed by atoms with E-state index in [0.717, 1.165) is 6.42 Å². The van der Waals surface area contributed by atoms with Gasteiger partial charge >= 0.3 is 0 Å². The Morgan fingerprint density at radius 2 is 1.55 bits per heavy atom. The van der Waals surface area contributed by atoms with Crippen LogP contribution in [0.15, 0.2) is 73.9 Å². The van der Waals surface area contributed by atoms with Gasteiger partial charge in [-0.3, -0.25) is 0 Å². The second-order valence-electron chi connectivity index (χ2n) is 5.18. The van der Waals surface area contributed by atoms with E-state index in [1.807, 2.05) is 12.1 Å². The molecule has 0 fully saturated rings. The Kier molecular flexibility index (Phi) is 5.71. The number of ether oxygens (including phenoxy) is 1. The number of benzene rings is 2. The van der Waals surface area contributed by atoms with Crippen molar-refractivity contribution in [1.82, 2.24) is 0 Å². The van der Waals surface area contributed by atoms with Gasteiger partial charge < -0.3 is 4.74 Å². The summed E-state index contributed by atoms with van der Waals surface area (Å²) in [4.78, 5) is 0. The zero-order chi connectivity index (χ0) is 15.4. The largest absolute Gasteiger partial charge is 0.361 e. The molecule has 0 aliphatic carbocycles. The Morgan fingerprint density at radius 3 is 2.23 bits per heavy atom. The minimum Gasteiger partial charge on any atom is -0.361 e. The third-order valence-corrected chi connectivity index (χ3v) is 6.94. The van der Waals surface area contributed by atoms with E-state index in [1.54, 1.807) is 0 Å². The lowest BCUT2D eigenvalue weighted by Gasteiger charge is -2.29. The summed E-state index contributed by atoms with van der Waals surface area (Å²) < 4.78 is 9.00. The number of hydrogen-bond donors (Lipinski definition) is 0. The van der Waals surface area contributed by atoms with E-state index in [2.05, 4.69) is 106 Å². The molecule has 112 valence electrons. The molecule has 0 aromatic heterocycles. The topological polar surface area (TPSA) is 9.23 Å². The van der Waals surface area contributed by atoms with Gasteiger partial charge in [0.25, 0.3) is 0 Å². The molecule has 3 rings (SSSR count). The molecular formula is C19H16I2O. The Morgan fingerprint density at radius 1 is 0.909 bits per heavy atom. The predicted molar refractivity (Wildman–Crippen MR) is 109 cm³/mol. The molecule has 2 aromatic rings. The highest BCUT2D eigenvalue weighted by atomic mass is 127. The molecule has 1 nitrogen and oxygen atoms in total. The fourth-order valence-electron chi connectivity index (χ4n) is 2.46. The van der Waals surface area contributed by atoms with Crippen molar-refractivity contribution >= 4 is 51.3 Å². The first-order chi connectivity index (χ1) is 10.7. The van der Waals surface area contributed by atoms with E-state index in [0.29, 0.717) is 0 Å². The first-order valence-electron chi connectivity index (χ1n) is 7.22. The van der Waals surface area contributed by atoms with E-state index in [-0.39, 0.29) is 12.2 Å². The molecule has 1 aliphatic heterocycles. The van der Waals surface area contributed by atoms with Crippen molar-refractivity contribution in [2.24, 2.45) is 0 Å². The second kappa shape index (κ2) is 7.75.